The summed E-state index contributed by atoms with van der Waals surface area (Å²) in [5.41, 5.74) is 0.124. The van der Waals surface area contributed by atoms with Crippen LogP contribution in [-0.4, -0.2) is 39.5 Å². The molecule has 98 valence electrons. The van der Waals surface area contributed by atoms with E-state index < -0.39 is 0 Å². The van der Waals surface area contributed by atoms with Gasteiger partial charge in [-0.15, -0.1) is 11.6 Å². The van der Waals surface area contributed by atoms with Crippen LogP contribution in [-0.2, 0) is 0 Å². The molecule has 1 aliphatic heterocycles. The van der Waals surface area contributed by atoms with Gasteiger partial charge in [0.2, 0.25) is 0 Å². The molecule has 2 N–H and O–H groups in total. The fourth-order valence-corrected chi connectivity index (χ4v) is 2.83. The van der Waals surface area contributed by atoms with E-state index in [1.807, 2.05) is 0 Å². The first-order valence-corrected chi connectivity index (χ1v) is 6.47. The van der Waals surface area contributed by atoms with Crippen LogP contribution >= 0.6 is 11.6 Å². The highest BCUT2D eigenvalue weighted by atomic mass is 35.5. The van der Waals surface area contributed by atoms with E-state index in [2.05, 4.69) is 6.92 Å². The number of aromatic hydroxyl groups is 2. The monoisotopic (exact) mass is 269 g/mol. The van der Waals surface area contributed by atoms with Gasteiger partial charge in [-0.1, -0.05) is 13.0 Å². The first-order chi connectivity index (χ1) is 8.56. The molecule has 0 aliphatic carbocycles. The third-order valence-electron chi connectivity index (χ3n) is 3.55. The quantitative estimate of drug-likeness (QED) is 0.639. The number of alkyl halides is 1. The van der Waals surface area contributed by atoms with Crippen molar-refractivity contribution in [3.05, 3.63) is 23.8 Å². The Kier molecular flexibility index (Phi) is 3.66. The number of phenolic OH excluding ortho intramolecular Hbond substituents is 2. The van der Waals surface area contributed by atoms with Crippen LogP contribution in [0.25, 0.3) is 0 Å². The van der Waals surface area contributed by atoms with Crippen molar-refractivity contribution in [2.45, 2.75) is 19.4 Å². The average molecular weight is 270 g/mol. The lowest BCUT2D eigenvalue weighted by Crippen LogP contribution is -2.38. The highest BCUT2D eigenvalue weighted by molar-refractivity contribution is 6.18. The second-order valence-electron chi connectivity index (χ2n) is 4.66. The van der Waals surface area contributed by atoms with Crippen molar-refractivity contribution < 1.29 is 15.0 Å². The molecule has 1 amide bonds. The van der Waals surface area contributed by atoms with Gasteiger partial charge in [-0.05, 0) is 24.5 Å². The van der Waals surface area contributed by atoms with Gasteiger partial charge in [0.05, 0.1) is 5.56 Å². The summed E-state index contributed by atoms with van der Waals surface area (Å²) >= 11 is 5.89. The summed E-state index contributed by atoms with van der Waals surface area (Å²) in [6.45, 7) is 2.69. The molecule has 0 saturated carbocycles. The molecule has 0 aromatic heterocycles. The Hall–Kier alpha value is -1.42. The van der Waals surface area contributed by atoms with E-state index in [-0.39, 0.29) is 29.0 Å². The second kappa shape index (κ2) is 5.06. The van der Waals surface area contributed by atoms with Crippen LogP contribution in [0.4, 0.5) is 0 Å². The zero-order chi connectivity index (χ0) is 13.3. The summed E-state index contributed by atoms with van der Waals surface area (Å²) in [4.78, 5) is 14.0. The first kappa shape index (κ1) is 13.0. The van der Waals surface area contributed by atoms with Crippen molar-refractivity contribution >= 4 is 17.5 Å². The minimum absolute atomic E-state index is 0.0130. The summed E-state index contributed by atoms with van der Waals surface area (Å²) in [6, 6.07) is 4.38. The fourth-order valence-electron chi connectivity index (χ4n) is 2.35. The van der Waals surface area contributed by atoms with Crippen molar-refractivity contribution in [1.82, 2.24) is 4.90 Å². The largest absolute Gasteiger partial charge is 0.504 e. The highest BCUT2D eigenvalue weighted by Gasteiger charge is 2.35. The Morgan fingerprint density at radius 2 is 2.22 bits per heavy atom. The molecule has 1 aromatic rings. The van der Waals surface area contributed by atoms with Crippen LogP contribution in [0.15, 0.2) is 18.2 Å². The van der Waals surface area contributed by atoms with E-state index in [1.165, 1.54) is 18.2 Å². The molecule has 0 spiro atoms. The number of para-hydroxylation sites is 1. The predicted octanol–water partition coefficient (Wildman–Crippen LogP) is 2.19. The van der Waals surface area contributed by atoms with Gasteiger partial charge in [0.15, 0.2) is 11.5 Å². The van der Waals surface area contributed by atoms with Gasteiger partial charge in [-0.2, -0.15) is 0 Å². The van der Waals surface area contributed by atoms with Crippen molar-refractivity contribution in [2.75, 3.05) is 12.4 Å². The number of carbonyl (C=O) groups is 1. The zero-order valence-corrected chi connectivity index (χ0v) is 10.9. The molecule has 1 fully saturated rings. The van der Waals surface area contributed by atoms with Crippen LogP contribution < -0.4 is 0 Å². The molecule has 1 aromatic carbocycles. The van der Waals surface area contributed by atoms with Crippen LogP contribution in [0, 0.1) is 5.92 Å². The molecule has 0 radical (unpaired) electrons. The minimum Gasteiger partial charge on any atom is -0.504 e. The molecule has 5 heteroatoms. The third-order valence-corrected chi connectivity index (χ3v) is 3.86. The zero-order valence-electron chi connectivity index (χ0n) is 10.1. The van der Waals surface area contributed by atoms with Crippen LogP contribution in [0.3, 0.4) is 0 Å². The van der Waals surface area contributed by atoms with Gasteiger partial charge in [-0.3, -0.25) is 4.79 Å². The second-order valence-corrected chi connectivity index (χ2v) is 4.97. The number of benzene rings is 1. The number of nitrogens with zero attached hydrogens (tertiary/aromatic N) is 1. The van der Waals surface area contributed by atoms with E-state index in [9.17, 15) is 15.0 Å². The Morgan fingerprint density at radius 1 is 1.50 bits per heavy atom. The lowest BCUT2D eigenvalue weighted by atomic mass is 10.0. The molecule has 2 rings (SSSR count). The lowest BCUT2D eigenvalue weighted by Gasteiger charge is -2.25. The molecule has 4 nitrogen and oxygen atoms in total. The maximum absolute atomic E-state index is 12.3. The normalized spacial score (nSPS) is 23.3. The van der Waals surface area contributed by atoms with Gasteiger partial charge in [-0.25, -0.2) is 0 Å². The summed E-state index contributed by atoms with van der Waals surface area (Å²) in [5, 5.41) is 19.1. The summed E-state index contributed by atoms with van der Waals surface area (Å²) in [6.07, 6.45) is 0.905. The van der Waals surface area contributed by atoms with Gasteiger partial charge in [0, 0.05) is 18.5 Å². The maximum atomic E-state index is 12.3. The maximum Gasteiger partial charge on any atom is 0.258 e. The molecule has 1 aliphatic rings. The minimum atomic E-state index is -0.365. The number of hydrogen-bond acceptors (Lipinski definition) is 3. The Balaban J connectivity index is 2.29. The van der Waals surface area contributed by atoms with Crippen LogP contribution in [0.1, 0.15) is 23.7 Å². The van der Waals surface area contributed by atoms with E-state index >= 15 is 0 Å². The molecule has 0 bridgehead atoms. The van der Waals surface area contributed by atoms with Crippen molar-refractivity contribution in [2.24, 2.45) is 5.92 Å². The number of likely N-dealkylation sites (tertiary alicyclic amines) is 1. The molecular formula is C13H16ClNO3. The third kappa shape index (κ3) is 2.12. The predicted molar refractivity (Wildman–Crippen MR) is 69.1 cm³/mol. The molecular weight excluding hydrogens is 254 g/mol. The number of carbonyl (C=O) groups excluding carboxylic acids is 1. The highest BCUT2D eigenvalue weighted by Crippen LogP contribution is 2.32. The lowest BCUT2D eigenvalue weighted by molar-refractivity contribution is 0.0733. The van der Waals surface area contributed by atoms with E-state index in [4.69, 9.17) is 11.6 Å². The standard InChI is InChI=1S/C13H16ClNO3/c1-8-5-6-15(10(8)7-14)13(18)9-3-2-4-11(16)12(9)17/h2-4,8,10,16-17H,5-7H2,1H3. The van der Waals surface area contributed by atoms with Crippen molar-refractivity contribution in [3.63, 3.8) is 0 Å². The van der Waals surface area contributed by atoms with Gasteiger partial charge >= 0.3 is 0 Å². The number of halogens is 1. The molecule has 2 atom stereocenters. The van der Waals surface area contributed by atoms with E-state index in [1.54, 1.807) is 4.90 Å². The van der Waals surface area contributed by atoms with Crippen LogP contribution in [0.2, 0.25) is 0 Å². The summed E-state index contributed by atoms with van der Waals surface area (Å²) < 4.78 is 0. The smallest absolute Gasteiger partial charge is 0.258 e. The number of rotatable bonds is 2. The van der Waals surface area contributed by atoms with Gasteiger partial charge in [0.1, 0.15) is 0 Å². The fraction of sp³-hybridized carbons (Fsp3) is 0.462. The Bertz CT molecular complexity index is 464. The Morgan fingerprint density at radius 3 is 2.89 bits per heavy atom. The Labute approximate surface area is 111 Å². The molecule has 2 unspecified atom stereocenters. The molecule has 18 heavy (non-hydrogen) atoms. The van der Waals surface area contributed by atoms with E-state index in [0.717, 1.165) is 6.42 Å². The average Bonchev–Trinajstić information content (AvgIpc) is 2.73. The van der Waals surface area contributed by atoms with Crippen molar-refractivity contribution in [3.8, 4) is 11.5 Å². The number of phenols is 2. The van der Waals surface area contributed by atoms with Gasteiger partial charge < -0.3 is 15.1 Å². The SMILES string of the molecule is CC1CCN(C(=O)c2cccc(O)c2O)C1CCl. The number of amides is 1. The molecule has 1 saturated heterocycles. The number of hydrogen-bond donors (Lipinski definition) is 2. The molecule has 1 heterocycles. The van der Waals surface area contributed by atoms with Gasteiger partial charge in [0.25, 0.3) is 5.91 Å². The summed E-state index contributed by atoms with van der Waals surface area (Å²) in [5.74, 6) is -0.192. The van der Waals surface area contributed by atoms with E-state index in [0.29, 0.717) is 18.3 Å². The van der Waals surface area contributed by atoms with Crippen LogP contribution in [0.5, 0.6) is 11.5 Å². The summed E-state index contributed by atoms with van der Waals surface area (Å²) in [7, 11) is 0. The van der Waals surface area contributed by atoms with Crippen molar-refractivity contribution in [1.29, 1.82) is 0 Å². The topological polar surface area (TPSA) is 60.8 Å². The first-order valence-electron chi connectivity index (χ1n) is 5.94.